The fraction of sp³-hybridized carbons (Fsp3) is 0. The van der Waals surface area contributed by atoms with Crippen LogP contribution in [0.2, 0.25) is 0 Å². The van der Waals surface area contributed by atoms with Gasteiger partial charge in [0, 0.05) is 18.5 Å². The summed E-state index contributed by atoms with van der Waals surface area (Å²) in [6, 6.07) is 6.57. The van der Waals surface area contributed by atoms with Crippen molar-refractivity contribution < 1.29 is 14.3 Å². The third-order valence-corrected chi connectivity index (χ3v) is 1.56. The van der Waals surface area contributed by atoms with Crippen molar-refractivity contribution in [2.75, 3.05) is 0 Å². The molecule has 7 nitrogen and oxygen atoms in total. The summed E-state index contributed by atoms with van der Waals surface area (Å²) in [5.74, 6) is -0.199. The normalized spacial score (nSPS) is 8.71. The number of nitrogens with zero attached hydrogens (tertiary/aromatic N) is 2. The Labute approximate surface area is 96.6 Å². The van der Waals surface area contributed by atoms with E-state index in [9.17, 15) is 9.59 Å². The molecule has 2 aromatic rings. The molecular formula is C10H10N4O3. The fourth-order valence-corrected chi connectivity index (χ4v) is 0.870. The Hall–Kier alpha value is -2.70. The van der Waals surface area contributed by atoms with Gasteiger partial charge in [0.25, 0.3) is 12.4 Å². The minimum atomic E-state index is -0.490. The van der Waals surface area contributed by atoms with Crippen molar-refractivity contribution in [2.45, 2.75) is 0 Å². The van der Waals surface area contributed by atoms with E-state index in [2.05, 4.69) is 19.9 Å². The summed E-state index contributed by atoms with van der Waals surface area (Å²) < 4.78 is 4.32. The van der Waals surface area contributed by atoms with E-state index in [-0.39, 0.29) is 0 Å². The zero-order valence-electron chi connectivity index (χ0n) is 8.74. The molecule has 0 aliphatic carbocycles. The summed E-state index contributed by atoms with van der Waals surface area (Å²) in [5.41, 5.74) is 5.22. The Morgan fingerprint density at radius 1 is 1.41 bits per heavy atom. The van der Waals surface area contributed by atoms with Crippen molar-refractivity contribution in [3.63, 3.8) is 0 Å². The van der Waals surface area contributed by atoms with Gasteiger partial charge in [0.15, 0.2) is 0 Å². The molecule has 0 saturated carbocycles. The van der Waals surface area contributed by atoms with Gasteiger partial charge in [-0.05, 0) is 12.1 Å². The second-order valence-corrected chi connectivity index (χ2v) is 2.71. The molecule has 0 aliphatic rings. The van der Waals surface area contributed by atoms with Gasteiger partial charge < -0.3 is 10.5 Å². The van der Waals surface area contributed by atoms with Crippen LogP contribution in [0.15, 0.2) is 36.7 Å². The lowest BCUT2D eigenvalue weighted by Crippen LogP contribution is -2.12. The molecule has 2 rings (SSSR count). The summed E-state index contributed by atoms with van der Waals surface area (Å²) in [4.78, 5) is 23.7. The summed E-state index contributed by atoms with van der Waals surface area (Å²) in [6.45, 7) is 0.330. The maximum absolute atomic E-state index is 10.4. The molecule has 0 fully saturated rings. The molecular weight excluding hydrogens is 224 g/mol. The van der Waals surface area contributed by atoms with Crippen LogP contribution in [0.1, 0.15) is 10.5 Å². The number of hydrogen-bond acceptors (Lipinski definition) is 5. The second-order valence-electron chi connectivity index (χ2n) is 2.71. The molecule has 88 valence electrons. The van der Waals surface area contributed by atoms with Gasteiger partial charge in [0.2, 0.25) is 5.88 Å². The maximum atomic E-state index is 10.4. The standard InChI is InChI=1S/C6H6N2O.C4H4N2O2/c7-6(9)5-3-1-2-4-8-5;7-3-8-4-1-2-5-6-4/h1-4H,(H2,7,9);1-3H,(H,5,6). The Kier molecular flexibility index (Phi) is 4.89. The quantitative estimate of drug-likeness (QED) is 0.733. The largest absolute Gasteiger partial charge is 0.408 e. The van der Waals surface area contributed by atoms with Crippen LogP contribution in [-0.2, 0) is 4.79 Å². The number of ether oxygens (including phenoxy) is 1. The van der Waals surface area contributed by atoms with E-state index in [1.807, 2.05) is 0 Å². The Bertz CT molecular complexity index is 456. The highest BCUT2D eigenvalue weighted by Crippen LogP contribution is 1.98. The molecule has 2 heterocycles. The number of carbonyl (C=O) groups is 2. The highest BCUT2D eigenvalue weighted by atomic mass is 16.5. The van der Waals surface area contributed by atoms with Crippen molar-refractivity contribution in [1.82, 2.24) is 15.2 Å². The number of nitrogens with one attached hydrogen (secondary N) is 1. The second kappa shape index (κ2) is 6.72. The molecule has 3 N–H and O–H groups in total. The lowest BCUT2D eigenvalue weighted by atomic mass is 10.3. The third-order valence-electron chi connectivity index (χ3n) is 1.56. The smallest absolute Gasteiger partial charge is 0.299 e. The predicted molar refractivity (Wildman–Crippen MR) is 58.0 cm³/mol. The first kappa shape index (κ1) is 12.4. The van der Waals surface area contributed by atoms with Gasteiger partial charge in [-0.15, -0.1) is 5.10 Å². The van der Waals surface area contributed by atoms with E-state index in [1.54, 1.807) is 30.5 Å². The molecule has 0 atom stereocenters. The van der Waals surface area contributed by atoms with E-state index in [1.165, 1.54) is 6.20 Å². The number of pyridine rings is 1. The topological polar surface area (TPSA) is 111 Å². The van der Waals surface area contributed by atoms with Crippen molar-refractivity contribution >= 4 is 12.4 Å². The zero-order valence-corrected chi connectivity index (χ0v) is 8.74. The average Bonchev–Trinajstić information content (AvgIpc) is 2.84. The Balaban J connectivity index is 0.000000171. The Morgan fingerprint density at radius 2 is 2.24 bits per heavy atom. The molecule has 2 aromatic heterocycles. The van der Waals surface area contributed by atoms with E-state index in [0.717, 1.165) is 0 Å². The van der Waals surface area contributed by atoms with Gasteiger partial charge in [-0.1, -0.05) is 6.07 Å². The maximum Gasteiger partial charge on any atom is 0.299 e. The van der Waals surface area contributed by atoms with Crippen molar-refractivity contribution in [3.05, 3.63) is 42.4 Å². The molecule has 7 heteroatoms. The molecule has 0 spiro atoms. The SMILES string of the molecule is NC(=O)c1ccccn1.O=COc1cc[nH]n1. The van der Waals surface area contributed by atoms with Crippen molar-refractivity contribution in [2.24, 2.45) is 5.73 Å². The lowest BCUT2D eigenvalue weighted by molar-refractivity contribution is -0.120. The number of primary amides is 1. The van der Waals surface area contributed by atoms with Crippen LogP contribution in [0.25, 0.3) is 0 Å². The van der Waals surface area contributed by atoms with E-state index < -0.39 is 5.91 Å². The van der Waals surface area contributed by atoms with Crippen molar-refractivity contribution in [1.29, 1.82) is 0 Å². The summed E-state index contributed by atoms with van der Waals surface area (Å²) in [7, 11) is 0. The number of H-pyrrole nitrogens is 1. The minimum Gasteiger partial charge on any atom is -0.408 e. The predicted octanol–water partition coefficient (Wildman–Crippen LogP) is 0.125. The van der Waals surface area contributed by atoms with Gasteiger partial charge in [-0.25, -0.2) is 0 Å². The zero-order chi connectivity index (χ0) is 12.5. The molecule has 0 bridgehead atoms. The first-order chi connectivity index (χ1) is 8.24. The lowest BCUT2D eigenvalue weighted by Gasteiger charge is -1.88. The Morgan fingerprint density at radius 3 is 2.65 bits per heavy atom. The average molecular weight is 234 g/mol. The first-order valence-electron chi connectivity index (χ1n) is 4.55. The molecule has 0 radical (unpaired) electrons. The number of aromatic nitrogens is 3. The van der Waals surface area contributed by atoms with Crippen LogP contribution >= 0.6 is 0 Å². The van der Waals surface area contributed by atoms with Gasteiger partial charge in [-0.3, -0.25) is 19.7 Å². The van der Waals surface area contributed by atoms with Gasteiger partial charge in [0.05, 0.1) is 0 Å². The van der Waals surface area contributed by atoms with Crippen LogP contribution in [0.3, 0.4) is 0 Å². The summed E-state index contributed by atoms with van der Waals surface area (Å²) in [5, 5.41) is 6.01. The van der Waals surface area contributed by atoms with Crippen LogP contribution in [0.5, 0.6) is 5.88 Å². The highest BCUT2D eigenvalue weighted by Gasteiger charge is 1.96. The number of nitrogens with two attached hydrogens (primary N) is 1. The van der Waals surface area contributed by atoms with E-state index >= 15 is 0 Å². The van der Waals surface area contributed by atoms with Crippen LogP contribution in [0, 0.1) is 0 Å². The summed E-state index contributed by atoms with van der Waals surface area (Å²) in [6.07, 6.45) is 3.10. The van der Waals surface area contributed by atoms with Crippen LogP contribution < -0.4 is 10.5 Å². The molecule has 17 heavy (non-hydrogen) atoms. The molecule has 0 saturated heterocycles. The minimum absolute atomic E-state index is 0.292. The van der Waals surface area contributed by atoms with Gasteiger partial charge in [0.1, 0.15) is 5.69 Å². The monoisotopic (exact) mass is 234 g/mol. The van der Waals surface area contributed by atoms with Gasteiger partial charge >= 0.3 is 0 Å². The number of hydrogen-bond donors (Lipinski definition) is 2. The van der Waals surface area contributed by atoms with Gasteiger partial charge in [-0.2, -0.15) is 0 Å². The number of amides is 1. The van der Waals surface area contributed by atoms with Crippen LogP contribution in [0.4, 0.5) is 0 Å². The van der Waals surface area contributed by atoms with Crippen LogP contribution in [-0.4, -0.2) is 27.6 Å². The number of rotatable bonds is 3. The summed E-state index contributed by atoms with van der Waals surface area (Å²) >= 11 is 0. The molecule has 1 amide bonds. The molecule has 0 aliphatic heterocycles. The highest BCUT2D eigenvalue weighted by molar-refractivity contribution is 5.90. The van der Waals surface area contributed by atoms with E-state index in [4.69, 9.17) is 5.73 Å². The third kappa shape index (κ3) is 4.56. The number of aromatic amines is 1. The van der Waals surface area contributed by atoms with E-state index in [0.29, 0.717) is 18.0 Å². The van der Waals surface area contributed by atoms with Crippen molar-refractivity contribution in [3.8, 4) is 5.88 Å². The molecule has 0 unspecified atom stereocenters. The molecule has 0 aromatic carbocycles. The first-order valence-corrected chi connectivity index (χ1v) is 4.55. The number of carbonyl (C=O) groups excluding carboxylic acids is 2. The fourth-order valence-electron chi connectivity index (χ4n) is 0.870.